The van der Waals surface area contributed by atoms with Crippen LogP contribution in [0.1, 0.15) is 32.1 Å². The summed E-state index contributed by atoms with van der Waals surface area (Å²) in [7, 11) is -3.29. The van der Waals surface area contributed by atoms with Gasteiger partial charge in [0.2, 0.25) is 17.7 Å². The number of sulfone groups is 1. The summed E-state index contributed by atoms with van der Waals surface area (Å²) in [5.74, 6) is -1.03. The van der Waals surface area contributed by atoms with E-state index in [1.54, 1.807) is 0 Å². The third kappa shape index (κ3) is 3.80. The van der Waals surface area contributed by atoms with Crippen molar-refractivity contribution in [1.82, 2.24) is 4.90 Å². The molecular formula is C18H22N2O5S. The molecule has 3 amide bonds. The number of carbonyl (C=O) groups is 3. The van der Waals surface area contributed by atoms with Gasteiger partial charge in [0, 0.05) is 24.9 Å². The van der Waals surface area contributed by atoms with Gasteiger partial charge in [-0.1, -0.05) is 12.8 Å². The number of hydrogen-bond donors (Lipinski definition) is 1. The van der Waals surface area contributed by atoms with Gasteiger partial charge in [0.05, 0.1) is 16.7 Å². The van der Waals surface area contributed by atoms with Gasteiger partial charge in [-0.05, 0) is 37.1 Å². The number of rotatable bonds is 5. The first-order chi connectivity index (χ1) is 12.3. The number of fused-ring (bicyclic) bond motifs is 1. The number of nitrogens with zero attached hydrogens (tertiary/aromatic N) is 1. The Hall–Kier alpha value is -2.22. The van der Waals surface area contributed by atoms with E-state index in [1.165, 1.54) is 29.2 Å². The van der Waals surface area contributed by atoms with Crippen LogP contribution in [0.5, 0.6) is 0 Å². The van der Waals surface area contributed by atoms with Gasteiger partial charge in [-0.2, -0.15) is 0 Å². The number of likely N-dealkylation sites (tertiary alicyclic amines) is 1. The van der Waals surface area contributed by atoms with Crippen molar-refractivity contribution in [2.24, 2.45) is 11.8 Å². The molecule has 1 N–H and O–H groups in total. The number of hydrogen-bond acceptors (Lipinski definition) is 5. The Labute approximate surface area is 152 Å². The summed E-state index contributed by atoms with van der Waals surface area (Å²) in [6.45, 7) is 0.0813. The van der Waals surface area contributed by atoms with E-state index in [-0.39, 0.29) is 47.4 Å². The van der Waals surface area contributed by atoms with Gasteiger partial charge in [-0.3, -0.25) is 19.3 Å². The molecule has 0 unspecified atom stereocenters. The molecule has 1 heterocycles. The molecule has 2 aliphatic rings. The van der Waals surface area contributed by atoms with Crippen LogP contribution >= 0.6 is 0 Å². The Balaban J connectivity index is 1.56. The van der Waals surface area contributed by atoms with Crippen LogP contribution in [0.3, 0.4) is 0 Å². The smallest absolute Gasteiger partial charge is 0.233 e. The van der Waals surface area contributed by atoms with E-state index in [0.717, 1.165) is 31.9 Å². The van der Waals surface area contributed by atoms with Gasteiger partial charge in [-0.25, -0.2) is 8.42 Å². The molecule has 1 saturated carbocycles. The summed E-state index contributed by atoms with van der Waals surface area (Å²) < 4.78 is 22.9. The lowest BCUT2D eigenvalue weighted by Crippen LogP contribution is -2.34. The van der Waals surface area contributed by atoms with Crippen LogP contribution in [0.2, 0.25) is 0 Å². The highest BCUT2D eigenvalue weighted by Gasteiger charge is 2.47. The van der Waals surface area contributed by atoms with Crippen molar-refractivity contribution >= 4 is 33.2 Å². The Morgan fingerprint density at radius 3 is 2.12 bits per heavy atom. The highest BCUT2D eigenvalue weighted by Crippen LogP contribution is 2.37. The SMILES string of the molecule is CS(=O)(=O)c1ccc(NC(=O)CCN2C(=O)[C@@H]3CCCC[C@H]3C2=O)cc1. The number of amides is 3. The largest absolute Gasteiger partial charge is 0.326 e. The van der Waals surface area contributed by atoms with Crippen molar-refractivity contribution in [3.63, 3.8) is 0 Å². The molecular weight excluding hydrogens is 356 g/mol. The summed E-state index contributed by atoms with van der Waals surface area (Å²) in [5.41, 5.74) is 0.468. The minimum atomic E-state index is -3.29. The monoisotopic (exact) mass is 378 g/mol. The second-order valence-electron chi connectivity index (χ2n) is 6.92. The van der Waals surface area contributed by atoms with E-state index >= 15 is 0 Å². The summed E-state index contributed by atoms with van der Waals surface area (Å²) >= 11 is 0. The average Bonchev–Trinajstić information content (AvgIpc) is 2.84. The molecule has 1 aliphatic carbocycles. The summed E-state index contributed by atoms with van der Waals surface area (Å²) in [6.07, 6.45) is 4.58. The maximum atomic E-state index is 12.4. The number of carbonyl (C=O) groups excluding carboxylic acids is 3. The molecule has 7 nitrogen and oxygen atoms in total. The molecule has 1 saturated heterocycles. The van der Waals surface area contributed by atoms with Crippen molar-refractivity contribution in [2.75, 3.05) is 18.1 Å². The Morgan fingerprint density at radius 2 is 1.62 bits per heavy atom. The zero-order valence-corrected chi connectivity index (χ0v) is 15.4. The van der Waals surface area contributed by atoms with Gasteiger partial charge in [0.15, 0.2) is 9.84 Å². The van der Waals surface area contributed by atoms with E-state index < -0.39 is 9.84 Å². The van der Waals surface area contributed by atoms with Crippen LogP contribution in [-0.2, 0) is 24.2 Å². The minimum absolute atomic E-state index is 0.0186. The molecule has 0 aromatic heterocycles. The van der Waals surface area contributed by atoms with E-state index in [9.17, 15) is 22.8 Å². The molecule has 0 radical (unpaired) electrons. The third-order valence-electron chi connectivity index (χ3n) is 5.06. The second kappa shape index (κ2) is 7.19. The lowest BCUT2D eigenvalue weighted by atomic mass is 9.81. The van der Waals surface area contributed by atoms with E-state index in [4.69, 9.17) is 0 Å². The molecule has 1 aliphatic heterocycles. The maximum absolute atomic E-state index is 12.4. The van der Waals surface area contributed by atoms with Crippen LogP contribution < -0.4 is 5.32 Å². The lowest BCUT2D eigenvalue weighted by Gasteiger charge is -2.19. The molecule has 2 fully saturated rings. The summed E-state index contributed by atoms with van der Waals surface area (Å²) in [5, 5.41) is 2.65. The molecule has 1 aromatic carbocycles. The lowest BCUT2D eigenvalue weighted by molar-refractivity contribution is -0.140. The molecule has 2 atom stereocenters. The standard InChI is InChI=1S/C18H22N2O5S/c1-26(24,25)13-8-6-12(7-9-13)19-16(21)10-11-20-17(22)14-4-2-3-5-15(14)18(20)23/h6-9,14-15H,2-5,10-11H2,1H3,(H,19,21)/t14-,15-/m1/s1. The predicted molar refractivity (Wildman–Crippen MR) is 95.0 cm³/mol. The maximum Gasteiger partial charge on any atom is 0.233 e. The van der Waals surface area contributed by atoms with Crippen LogP contribution in [0.4, 0.5) is 5.69 Å². The van der Waals surface area contributed by atoms with E-state index in [0.29, 0.717) is 5.69 Å². The first kappa shape index (κ1) is 18.6. The van der Waals surface area contributed by atoms with Crippen LogP contribution in [0.15, 0.2) is 29.2 Å². The first-order valence-corrected chi connectivity index (χ1v) is 10.6. The molecule has 140 valence electrons. The topological polar surface area (TPSA) is 101 Å². The highest BCUT2D eigenvalue weighted by molar-refractivity contribution is 7.90. The third-order valence-corrected chi connectivity index (χ3v) is 6.19. The Kier molecular flexibility index (Phi) is 5.13. The van der Waals surface area contributed by atoms with Gasteiger partial charge < -0.3 is 5.32 Å². The molecule has 3 rings (SSSR count). The normalized spacial score (nSPS) is 23.0. The fourth-order valence-corrected chi connectivity index (χ4v) is 4.30. The van der Waals surface area contributed by atoms with Gasteiger partial charge in [-0.15, -0.1) is 0 Å². The van der Waals surface area contributed by atoms with Crippen LogP contribution in [0, 0.1) is 11.8 Å². The molecule has 0 spiro atoms. The number of benzene rings is 1. The van der Waals surface area contributed by atoms with Crippen molar-refractivity contribution < 1.29 is 22.8 Å². The fourth-order valence-electron chi connectivity index (χ4n) is 3.67. The number of nitrogens with one attached hydrogen (secondary N) is 1. The van der Waals surface area contributed by atoms with Crippen molar-refractivity contribution in [3.8, 4) is 0 Å². The zero-order valence-electron chi connectivity index (χ0n) is 14.6. The van der Waals surface area contributed by atoms with Crippen molar-refractivity contribution in [2.45, 2.75) is 37.0 Å². The van der Waals surface area contributed by atoms with Crippen LogP contribution in [-0.4, -0.2) is 43.8 Å². The zero-order chi connectivity index (χ0) is 18.9. The summed E-state index contributed by atoms with van der Waals surface area (Å²) in [4.78, 5) is 38.2. The Bertz CT molecular complexity index is 808. The van der Waals surface area contributed by atoms with E-state index in [2.05, 4.69) is 5.32 Å². The quantitative estimate of drug-likeness (QED) is 0.784. The van der Waals surface area contributed by atoms with E-state index in [1.807, 2.05) is 0 Å². The second-order valence-corrected chi connectivity index (χ2v) is 8.94. The fraction of sp³-hybridized carbons (Fsp3) is 0.500. The molecule has 8 heteroatoms. The molecule has 26 heavy (non-hydrogen) atoms. The highest BCUT2D eigenvalue weighted by atomic mass is 32.2. The van der Waals surface area contributed by atoms with Gasteiger partial charge in [0.1, 0.15) is 0 Å². The van der Waals surface area contributed by atoms with Crippen LogP contribution in [0.25, 0.3) is 0 Å². The number of imide groups is 1. The predicted octanol–water partition coefficient (Wildman–Crippen LogP) is 1.59. The summed E-state index contributed by atoms with van der Waals surface area (Å²) in [6, 6.07) is 5.86. The minimum Gasteiger partial charge on any atom is -0.326 e. The Morgan fingerprint density at radius 1 is 1.08 bits per heavy atom. The van der Waals surface area contributed by atoms with Crippen molar-refractivity contribution in [1.29, 1.82) is 0 Å². The molecule has 1 aromatic rings. The van der Waals surface area contributed by atoms with Gasteiger partial charge >= 0.3 is 0 Å². The van der Waals surface area contributed by atoms with Gasteiger partial charge in [0.25, 0.3) is 0 Å². The molecule has 0 bridgehead atoms. The average molecular weight is 378 g/mol. The number of anilines is 1. The first-order valence-electron chi connectivity index (χ1n) is 8.72. The van der Waals surface area contributed by atoms with Crippen molar-refractivity contribution in [3.05, 3.63) is 24.3 Å².